The Balaban J connectivity index is 2.05. The molecule has 2 aromatic carbocycles. The third kappa shape index (κ3) is 4.19. The lowest BCUT2D eigenvalue weighted by atomic mass is 10.1. The molecule has 0 aliphatic rings. The van der Waals surface area contributed by atoms with Gasteiger partial charge in [-0.25, -0.2) is 8.42 Å². The Hall–Kier alpha value is -2.22. The van der Waals surface area contributed by atoms with Crippen molar-refractivity contribution in [1.29, 1.82) is 0 Å². The number of hydroxylamine groups is 1. The van der Waals surface area contributed by atoms with Gasteiger partial charge in [0.05, 0.1) is 12.0 Å². The number of carbonyl (C=O) groups is 1. The van der Waals surface area contributed by atoms with Crippen LogP contribution in [-0.2, 0) is 21.4 Å². The molecule has 0 aliphatic carbocycles. The lowest BCUT2D eigenvalue weighted by Gasteiger charge is -2.14. The molecule has 0 unspecified atom stereocenters. The maximum Gasteiger partial charge on any atom is 0.264 e. The van der Waals surface area contributed by atoms with Crippen molar-refractivity contribution in [3.63, 3.8) is 0 Å². The van der Waals surface area contributed by atoms with E-state index in [9.17, 15) is 13.2 Å². The second kappa shape index (κ2) is 7.57. The molecule has 1 amide bonds. The largest absolute Gasteiger partial charge is 0.348 e. The van der Waals surface area contributed by atoms with Gasteiger partial charge in [-0.2, -0.15) is 0 Å². The highest BCUT2D eigenvalue weighted by molar-refractivity contribution is 7.89. The molecule has 0 fully saturated rings. The number of hydrogen-bond donors (Lipinski definition) is 1. The molecule has 1 N–H and O–H groups in total. The molecular weight excluding hydrogens is 328 g/mol. The van der Waals surface area contributed by atoms with E-state index in [1.807, 2.05) is 31.2 Å². The number of aryl methyl sites for hydroxylation is 1. The Bertz CT molecular complexity index is 799. The van der Waals surface area contributed by atoms with E-state index in [1.54, 1.807) is 0 Å². The van der Waals surface area contributed by atoms with Crippen molar-refractivity contribution in [2.75, 3.05) is 14.2 Å². The highest BCUT2D eigenvalue weighted by atomic mass is 32.2. The quantitative estimate of drug-likeness (QED) is 0.811. The normalized spacial score (nSPS) is 11.5. The molecule has 0 saturated heterocycles. The van der Waals surface area contributed by atoms with E-state index in [0.717, 1.165) is 15.6 Å². The third-order valence-corrected chi connectivity index (χ3v) is 5.28. The fraction of sp³-hybridized carbons (Fsp3) is 0.235. The fourth-order valence-electron chi connectivity index (χ4n) is 2.02. The SMILES string of the molecule is CON(C)S(=O)(=O)c1ccc(C(=O)NCc2ccc(C)cc2)cc1. The van der Waals surface area contributed by atoms with Gasteiger partial charge in [-0.1, -0.05) is 34.3 Å². The second-order valence-corrected chi connectivity index (χ2v) is 7.23. The zero-order chi connectivity index (χ0) is 17.7. The Morgan fingerprint density at radius 3 is 2.21 bits per heavy atom. The van der Waals surface area contributed by atoms with E-state index < -0.39 is 10.0 Å². The highest BCUT2D eigenvalue weighted by Gasteiger charge is 2.20. The van der Waals surface area contributed by atoms with Gasteiger partial charge in [0, 0.05) is 19.2 Å². The zero-order valence-corrected chi connectivity index (χ0v) is 14.6. The minimum absolute atomic E-state index is 0.0573. The van der Waals surface area contributed by atoms with Crippen molar-refractivity contribution in [3.8, 4) is 0 Å². The summed E-state index contributed by atoms with van der Waals surface area (Å²) in [6.07, 6.45) is 0. The van der Waals surface area contributed by atoms with E-state index in [2.05, 4.69) is 5.32 Å². The van der Waals surface area contributed by atoms with Crippen LogP contribution in [0.2, 0.25) is 0 Å². The van der Waals surface area contributed by atoms with E-state index in [-0.39, 0.29) is 10.8 Å². The molecule has 0 saturated carbocycles. The predicted molar refractivity (Wildman–Crippen MR) is 90.7 cm³/mol. The smallest absolute Gasteiger partial charge is 0.264 e. The van der Waals surface area contributed by atoms with Gasteiger partial charge in [0.2, 0.25) is 0 Å². The number of sulfonamides is 1. The Labute approximate surface area is 142 Å². The van der Waals surface area contributed by atoms with Crippen molar-refractivity contribution >= 4 is 15.9 Å². The van der Waals surface area contributed by atoms with Crippen LogP contribution in [0.15, 0.2) is 53.4 Å². The minimum Gasteiger partial charge on any atom is -0.348 e. The van der Waals surface area contributed by atoms with Gasteiger partial charge >= 0.3 is 0 Å². The third-order valence-electron chi connectivity index (χ3n) is 3.58. The van der Waals surface area contributed by atoms with Crippen LogP contribution in [0.1, 0.15) is 21.5 Å². The number of carbonyl (C=O) groups excluding carboxylic acids is 1. The van der Waals surface area contributed by atoms with Crippen molar-refractivity contribution in [1.82, 2.24) is 9.79 Å². The molecule has 2 rings (SSSR count). The van der Waals surface area contributed by atoms with Crippen LogP contribution in [-0.4, -0.2) is 33.0 Å². The van der Waals surface area contributed by atoms with E-state index in [4.69, 9.17) is 4.84 Å². The Kier molecular flexibility index (Phi) is 5.71. The van der Waals surface area contributed by atoms with E-state index >= 15 is 0 Å². The van der Waals surface area contributed by atoms with Gasteiger partial charge in [0.15, 0.2) is 0 Å². The average molecular weight is 348 g/mol. The van der Waals surface area contributed by atoms with Gasteiger partial charge in [-0.15, -0.1) is 0 Å². The van der Waals surface area contributed by atoms with Crippen molar-refractivity contribution < 1.29 is 18.0 Å². The van der Waals surface area contributed by atoms with Crippen LogP contribution in [0.5, 0.6) is 0 Å². The first-order valence-corrected chi connectivity index (χ1v) is 8.75. The first kappa shape index (κ1) is 18.1. The standard InChI is InChI=1S/C17H20N2O4S/c1-13-4-6-14(7-5-13)12-18-17(20)15-8-10-16(11-9-15)24(21,22)19(2)23-3/h4-11H,12H2,1-3H3,(H,18,20). The molecule has 0 bridgehead atoms. The van der Waals surface area contributed by atoms with Crippen LogP contribution in [0, 0.1) is 6.92 Å². The summed E-state index contributed by atoms with van der Waals surface area (Å²) < 4.78 is 24.9. The van der Waals surface area contributed by atoms with E-state index in [1.165, 1.54) is 38.4 Å². The zero-order valence-electron chi connectivity index (χ0n) is 13.8. The van der Waals surface area contributed by atoms with Crippen LogP contribution in [0.25, 0.3) is 0 Å². The van der Waals surface area contributed by atoms with Crippen LogP contribution in [0.3, 0.4) is 0 Å². The summed E-state index contributed by atoms with van der Waals surface area (Å²) in [5.74, 6) is -0.264. The van der Waals surface area contributed by atoms with Gasteiger partial charge < -0.3 is 5.32 Å². The average Bonchev–Trinajstić information content (AvgIpc) is 2.60. The Morgan fingerprint density at radius 1 is 1.08 bits per heavy atom. The number of hydrogen-bond acceptors (Lipinski definition) is 4. The second-order valence-electron chi connectivity index (χ2n) is 5.29. The molecule has 0 atom stereocenters. The Morgan fingerprint density at radius 2 is 1.67 bits per heavy atom. The summed E-state index contributed by atoms with van der Waals surface area (Å²) in [5, 5.41) is 2.80. The number of nitrogens with one attached hydrogen (secondary N) is 1. The summed E-state index contributed by atoms with van der Waals surface area (Å²) in [5.41, 5.74) is 2.54. The lowest BCUT2D eigenvalue weighted by molar-refractivity contribution is -0.0258. The fourth-order valence-corrected chi connectivity index (χ4v) is 2.99. The van der Waals surface area contributed by atoms with Crippen LogP contribution < -0.4 is 5.32 Å². The molecule has 24 heavy (non-hydrogen) atoms. The maximum atomic E-state index is 12.1. The summed E-state index contributed by atoms with van der Waals surface area (Å²) in [7, 11) is -1.14. The molecule has 0 radical (unpaired) electrons. The number of rotatable bonds is 6. The van der Waals surface area contributed by atoms with Crippen LogP contribution >= 0.6 is 0 Å². The van der Waals surface area contributed by atoms with Gasteiger partial charge in [0.25, 0.3) is 15.9 Å². The number of amides is 1. The molecule has 0 aliphatic heterocycles. The van der Waals surface area contributed by atoms with Gasteiger partial charge in [-0.3, -0.25) is 9.63 Å². The molecule has 6 nitrogen and oxygen atoms in total. The summed E-state index contributed by atoms with van der Waals surface area (Å²) >= 11 is 0. The van der Waals surface area contributed by atoms with Crippen molar-refractivity contribution in [3.05, 3.63) is 65.2 Å². The molecular formula is C17H20N2O4S. The number of nitrogens with zero attached hydrogens (tertiary/aromatic N) is 1. The summed E-state index contributed by atoms with van der Waals surface area (Å²) in [4.78, 5) is 16.9. The summed E-state index contributed by atoms with van der Waals surface area (Å²) in [6, 6.07) is 13.6. The summed E-state index contributed by atoms with van der Waals surface area (Å²) in [6.45, 7) is 2.41. The van der Waals surface area contributed by atoms with Crippen LogP contribution in [0.4, 0.5) is 0 Å². The van der Waals surface area contributed by atoms with Crippen molar-refractivity contribution in [2.24, 2.45) is 0 Å². The molecule has 128 valence electrons. The molecule has 0 aromatic heterocycles. The minimum atomic E-state index is -3.71. The van der Waals surface area contributed by atoms with Gasteiger partial charge in [0.1, 0.15) is 0 Å². The molecule has 0 spiro atoms. The lowest BCUT2D eigenvalue weighted by Crippen LogP contribution is -2.26. The van der Waals surface area contributed by atoms with Gasteiger partial charge in [-0.05, 0) is 36.8 Å². The topological polar surface area (TPSA) is 75.7 Å². The molecule has 7 heteroatoms. The first-order valence-electron chi connectivity index (χ1n) is 7.31. The first-order chi connectivity index (χ1) is 11.3. The monoisotopic (exact) mass is 348 g/mol. The molecule has 2 aromatic rings. The molecule has 0 heterocycles. The maximum absolute atomic E-state index is 12.1. The predicted octanol–water partition coefficient (Wildman–Crippen LogP) is 2.11. The van der Waals surface area contributed by atoms with Crippen molar-refractivity contribution in [2.45, 2.75) is 18.4 Å². The van der Waals surface area contributed by atoms with E-state index in [0.29, 0.717) is 12.1 Å². The highest BCUT2D eigenvalue weighted by Crippen LogP contribution is 2.15. The number of benzene rings is 2.